The summed E-state index contributed by atoms with van der Waals surface area (Å²) in [5.41, 5.74) is 1.25. The number of aromatic nitrogens is 4. The number of halogens is 1. The van der Waals surface area contributed by atoms with Crippen LogP contribution in [-0.4, -0.2) is 31.0 Å². The minimum absolute atomic E-state index is 0.136. The number of nitro groups is 1. The number of hydrogen-bond acceptors (Lipinski definition) is 6. The first-order valence-corrected chi connectivity index (χ1v) is 8.22. The first-order chi connectivity index (χ1) is 12.4. The van der Waals surface area contributed by atoms with Crippen LogP contribution in [0.4, 0.5) is 5.69 Å². The van der Waals surface area contributed by atoms with E-state index in [1.807, 2.05) is 13.8 Å². The van der Waals surface area contributed by atoms with E-state index in [4.69, 9.17) is 16.3 Å². The van der Waals surface area contributed by atoms with Gasteiger partial charge in [-0.1, -0.05) is 32.0 Å². The van der Waals surface area contributed by atoms with Crippen molar-refractivity contribution in [3.05, 3.63) is 46.4 Å². The Morgan fingerprint density at radius 3 is 2.85 bits per heavy atom. The quantitative estimate of drug-likeness (QED) is 0.365. The number of nitrogens with zero attached hydrogens (tertiary/aromatic N) is 5. The van der Waals surface area contributed by atoms with Crippen molar-refractivity contribution in [1.82, 2.24) is 19.5 Å². The van der Waals surface area contributed by atoms with Crippen LogP contribution in [0.5, 0.6) is 5.75 Å². The van der Waals surface area contributed by atoms with E-state index in [1.165, 1.54) is 18.6 Å². The molecule has 8 nitrogen and oxygen atoms in total. The Labute approximate surface area is 154 Å². The average molecular weight is 374 g/mol. The van der Waals surface area contributed by atoms with Crippen molar-refractivity contribution in [2.75, 3.05) is 6.61 Å². The third-order valence-corrected chi connectivity index (χ3v) is 3.88. The van der Waals surface area contributed by atoms with Crippen LogP contribution < -0.4 is 4.74 Å². The zero-order chi connectivity index (χ0) is 18.8. The van der Waals surface area contributed by atoms with E-state index < -0.39 is 4.92 Å². The van der Waals surface area contributed by atoms with Crippen molar-refractivity contribution >= 4 is 34.7 Å². The second-order valence-electron chi connectivity index (χ2n) is 5.97. The van der Waals surface area contributed by atoms with Crippen LogP contribution in [0.15, 0.2) is 31.1 Å². The number of rotatable bonds is 6. The predicted octanol–water partition coefficient (Wildman–Crippen LogP) is 4.19. The molecule has 3 rings (SSSR count). The van der Waals surface area contributed by atoms with Gasteiger partial charge in [-0.15, -0.1) is 0 Å². The maximum atomic E-state index is 11.5. The Morgan fingerprint density at radius 1 is 1.42 bits per heavy atom. The normalized spacial score (nSPS) is 11.1. The molecule has 3 aromatic rings. The van der Waals surface area contributed by atoms with Gasteiger partial charge in [-0.2, -0.15) is 0 Å². The summed E-state index contributed by atoms with van der Waals surface area (Å²) in [6.07, 6.45) is 2.84. The maximum absolute atomic E-state index is 11.5. The minimum atomic E-state index is -0.479. The van der Waals surface area contributed by atoms with E-state index >= 15 is 0 Å². The van der Waals surface area contributed by atoms with Gasteiger partial charge < -0.3 is 4.74 Å². The van der Waals surface area contributed by atoms with Crippen LogP contribution in [0.2, 0.25) is 5.15 Å². The molecule has 2 aromatic heterocycles. The number of fused-ring (bicyclic) bond motifs is 1. The second kappa shape index (κ2) is 7.09. The molecule has 0 unspecified atom stereocenters. The molecule has 0 radical (unpaired) electrons. The van der Waals surface area contributed by atoms with Gasteiger partial charge in [0.2, 0.25) is 0 Å². The number of imidazole rings is 1. The number of nitro benzene ring substituents is 1. The molecule has 0 aliphatic rings. The molecule has 26 heavy (non-hydrogen) atoms. The lowest BCUT2D eigenvalue weighted by Crippen LogP contribution is -2.06. The van der Waals surface area contributed by atoms with E-state index in [-0.39, 0.29) is 22.5 Å². The summed E-state index contributed by atoms with van der Waals surface area (Å²) in [5, 5.41) is 11.7. The molecular weight excluding hydrogens is 358 g/mol. The number of hydrogen-bond donors (Lipinski definition) is 0. The Hall–Kier alpha value is -3.00. The topological polar surface area (TPSA) is 96.0 Å². The molecular formula is C17H16ClN5O3. The van der Waals surface area contributed by atoms with Gasteiger partial charge in [0, 0.05) is 17.8 Å². The van der Waals surface area contributed by atoms with Crippen LogP contribution in [0, 0.1) is 16.0 Å². The van der Waals surface area contributed by atoms with E-state index in [0.29, 0.717) is 29.2 Å². The fourth-order valence-corrected chi connectivity index (χ4v) is 2.61. The van der Waals surface area contributed by atoms with E-state index in [1.54, 1.807) is 16.7 Å². The molecule has 0 atom stereocenters. The van der Waals surface area contributed by atoms with Crippen molar-refractivity contribution < 1.29 is 9.66 Å². The fourth-order valence-electron chi connectivity index (χ4n) is 2.44. The third kappa shape index (κ3) is 3.23. The highest BCUT2D eigenvalue weighted by Gasteiger charge is 2.21. The van der Waals surface area contributed by atoms with Gasteiger partial charge in [0.05, 0.1) is 11.5 Å². The Balaban J connectivity index is 2.14. The molecule has 0 bridgehead atoms. The highest BCUT2D eigenvalue weighted by atomic mass is 35.5. The van der Waals surface area contributed by atoms with Gasteiger partial charge in [-0.3, -0.25) is 14.7 Å². The van der Waals surface area contributed by atoms with Crippen LogP contribution in [0.3, 0.4) is 0 Å². The average Bonchev–Trinajstić information content (AvgIpc) is 2.99. The zero-order valence-corrected chi connectivity index (χ0v) is 15.0. The predicted molar refractivity (Wildman–Crippen MR) is 99.1 cm³/mol. The number of ether oxygens (including phenoxy) is 1. The van der Waals surface area contributed by atoms with Gasteiger partial charge in [-0.05, 0) is 18.1 Å². The summed E-state index contributed by atoms with van der Waals surface area (Å²) in [6, 6.07) is 4.68. The molecule has 0 saturated carbocycles. The Morgan fingerprint density at radius 2 is 2.19 bits per heavy atom. The molecule has 1 aromatic carbocycles. The lowest BCUT2D eigenvalue weighted by Gasteiger charge is -2.10. The van der Waals surface area contributed by atoms with Gasteiger partial charge in [0.25, 0.3) is 0 Å². The van der Waals surface area contributed by atoms with E-state index in [9.17, 15) is 10.1 Å². The van der Waals surface area contributed by atoms with Gasteiger partial charge in [0.1, 0.15) is 17.7 Å². The highest BCUT2D eigenvalue weighted by molar-refractivity contribution is 6.33. The highest BCUT2D eigenvalue weighted by Crippen LogP contribution is 2.34. The molecule has 0 aliphatic carbocycles. The van der Waals surface area contributed by atoms with E-state index in [0.717, 1.165) is 0 Å². The van der Waals surface area contributed by atoms with Crippen LogP contribution in [0.1, 0.15) is 13.8 Å². The van der Waals surface area contributed by atoms with Crippen molar-refractivity contribution in [2.24, 2.45) is 5.92 Å². The van der Waals surface area contributed by atoms with Gasteiger partial charge in [0.15, 0.2) is 16.5 Å². The largest absolute Gasteiger partial charge is 0.487 e. The minimum Gasteiger partial charge on any atom is -0.487 e. The molecule has 0 amide bonds. The molecule has 0 saturated heterocycles. The summed E-state index contributed by atoms with van der Waals surface area (Å²) < 4.78 is 7.16. The van der Waals surface area contributed by atoms with Crippen molar-refractivity contribution in [3.63, 3.8) is 0 Å². The molecule has 134 valence electrons. The molecule has 0 spiro atoms. The standard InChI is InChI=1S/C17H16ClN5O3/c1-4-22-16(21-14-15(18)19-9-20-17(14)22)11-5-6-13(26-8-10(2)3)12(7-11)23(24)25/h4-7,9-10H,1,8H2,2-3H3. The summed E-state index contributed by atoms with van der Waals surface area (Å²) in [7, 11) is 0. The van der Waals surface area contributed by atoms with Crippen molar-refractivity contribution in [2.45, 2.75) is 13.8 Å². The summed E-state index contributed by atoms with van der Waals surface area (Å²) in [6.45, 7) is 8.08. The van der Waals surface area contributed by atoms with Crippen molar-refractivity contribution in [3.8, 4) is 17.1 Å². The summed E-state index contributed by atoms with van der Waals surface area (Å²) in [4.78, 5) is 23.5. The van der Waals surface area contributed by atoms with Crippen molar-refractivity contribution in [1.29, 1.82) is 0 Å². The van der Waals surface area contributed by atoms with Crippen LogP contribution in [-0.2, 0) is 0 Å². The Bertz CT molecular complexity index is 999. The second-order valence-corrected chi connectivity index (χ2v) is 6.33. The first-order valence-electron chi connectivity index (χ1n) is 7.85. The van der Waals surface area contributed by atoms with E-state index in [2.05, 4.69) is 21.5 Å². The Kier molecular flexibility index (Phi) is 4.85. The first kappa shape index (κ1) is 17.8. The lowest BCUT2D eigenvalue weighted by atomic mass is 10.1. The molecule has 2 heterocycles. The van der Waals surface area contributed by atoms with Crippen LogP contribution in [0.25, 0.3) is 28.8 Å². The molecule has 0 N–H and O–H groups in total. The number of benzene rings is 1. The molecule has 9 heteroatoms. The third-order valence-electron chi connectivity index (χ3n) is 3.60. The summed E-state index contributed by atoms with van der Waals surface area (Å²) >= 11 is 6.08. The van der Waals surface area contributed by atoms with Crippen LogP contribution >= 0.6 is 11.6 Å². The van der Waals surface area contributed by atoms with Gasteiger partial charge >= 0.3 is 5.69 Å². The summed E-state index contributed by atoms with van der Waals surface area (Å²) in [5.74, 6) is 0.891. The molecule has 0 aliphatic heterocycles. The zero-order valence-electron chi connectivity index (χ0n) is 14.2. The monoisotopic (exact) mass is 373 g/mol. The van der Waals surface area contributed by atoms with Gasteiger partial charge in [-0.25, -0.2) is 15.0 Å². The lowest BCUT2D eigenvalue weighted by molar-refractivity contribution is -0.385. The molecule has 0 fully saturated rings. The smallest absolute Gasteiger partial charge is 0.311 e. The SMILES string of the molecule is C=Cn1c(-c2ccc(OCC(C)C)c([N+](=O)[O-])c2)nc2c(Cl)ncnc21. The fraction of sp³-hybridized carbons (Fsp3) is 0.235. The maximum Gasteiger partial charge on any atom is 0.311 e.